The molecule has 0 spiro atoms. The van der Waals surface area contributed by atoms with Crippen molar-refractivity contribution in [3.8, 4) is 12.3 Å². The van der Waals surface area contributed by atoms with E-state index in [0.717, 1.165) is 18.2 Å². The lowest BCUT2D eigenvalue weighted by molar-refractivity contribution is -0.138. The van der Waals surface area contributed by atoms with E-state index in [2.05, 4.69) is 11.2 Å². The van der Waals surface area contributed by atoms with Crippen LogP contribution < -0.4 is 5.32 Å². The zero-order chi connectivity index (χ0) is 20.4. The lowest BCUT2D eigenvalue weighted by Gasteiger charge is -2.29. The molecule has 0 bridgehead atoms. The van der Waals surface area contributed by atoms with Gasteiger partial charge in [-0.25, -0.2) is 9.59 Å². The number of esters is 1. The first-order chi connectivity index (χ1) is 12.6. The maximum Gasteiger partial charge on any atom is 0.416 e. The average Bonchev–Trinajstić information content (AvgIpc) is 2.58. The minimum Gasteiger partial charge on any atom is -0.478 e. The van der Waals surface area contributed by atoms with E-state index < -0.39 is 29.6 Å². The normalized spacial score (nSPS) is 17.3. The third-order valence-corrected chi connectivity index (χ3v) is 4.04. The summed E-state index contributed by atoms with van der Waals surface area (Å²) >= 11 is 0. The number of alkyl halides is 3. The van der Waals surface area contributed by atoms with Gasteiger partial charge in [0.15, 0.2) is 6.61 Å². The van der Waals surface area contributed by atoms with E-state index in [1.54, 1.807) is 0 Å². The summed E-state index contributed by atoms with van der Waals surface area (Å²) < 4.78 is 44.2. The van der Waals surface area contributed by atoms with Crippen LogP contribution in [0.2, 0.25) is 0 Å². The highest BCUT2D eigenvalue weighted by Crippen LogP contribution is 2.40. The molecule has 0 aromatic heterocycles. The summed E-state index contributed by atoms with van der Waals surface area (Å²) in [5, 5.41) is 12.4. The smallest absolute Gasteiger partial charge is 0.416 e. The fourth-order valence-electron chi connectivity index (χ4n) is 2.96. The molecular formula is C19H16F3NO4. The van der Waals surface area contributed by atoms with Gasteiger partial charge in [-0.3, -0.25) is 0 Å². The first-order valence-corrected chi connectivity index (χ1v) is 7.77. The minimum atomic E-state index is -4.62. The molecule has 0 saturated heterocycles. The van der Waals surface area contributed by atoms with Gasteiger partial charge in [-0.05, 0) is 25.5 Å². The Morgan fingerprint density at radius 2 is 1.89 bits per heavy atom. The van der Waals surface area contributed by atoms with Crippen LogP contribution in [0.25, 0.3) is 0 Å². The van der Waals surface area contributed by atoms with Crippen LogP contribution in [-0.2, 0) is 20.5 Å². The van der Waals surface area contributed by atoms with Crippen molar-refractivity contribution in [2.45, 2.75) is 25.9 Å². The molecule has 0 radical (unpaired) electrons. The Bertz CT molecular complexity index is 891. The van der Waals surface area contributed by atoms with Gasteiger partial charge in [-0.2, -0.15) is 13.2 Å². The van der Waals surface area contributed by atoms with Crippen LogP contribution in [0, 0.1) is 12.3 Å². The minimum absolute atomic E-state index is 0.00934. The quantitative estimate of drug-likeness (QED) is 0.621. The summed E-state index contributed by atoms with van der Waals surface area (Å²) in [4.78, 5) is 24.2. The molecule has 1 atom stereocenters. The zero-order valence-corrected chi connectivity index (χ0v) is 14.5. The van der Waals surface area contributed by atoms with Gasteiger partial charge in [0.1, 0.15) is 0 Å². The number of carboxylic acid groups (broad SMARTS) is 1. The Labute approximate surface area is 153 Å². The highest BCUT2D eigenvalue weighted by molar-refractivity contribution is 5.99. The van der Waals surface area contributed by atoms with Crippen LogP contribution in [0.4, 0.5) is 13.2 Å². The van der Waals surface area contributed by atoms with E-state index in [-0.39, 0.29) is 34.7 Å². The van der Waals surface area contributed by atoms with Crippen LogP contribution in [-0.4, -0.2) is 23.7 Å². The van der Waals surface area contributed by atoms with Crippen molar-refractivity contribution >= 4 is 11.9 Å². The number of carbonyl (C=O) groups is 2. The monoisotopic (exact) mass is 379 g/mol. The molecular weight excluding hydrogens is 363 g/mol. The van der Waals surface area contributed by atoms with E-state index in [0.29, 0.717) is 0 Å². The molecule has 2 N–H and O–H groups in total. The predicted octanol–water partition coefficient (Wildman–Crippen LogP) is 3.20. The standard InChI is InChI=1S/C19H16F3NO4/c1-4-8-27-18(26)15-11(3)23-10(2)14(17(24)25)16(15)12-6-5-7-13(9-12)19(20,21)22/h1,5-7,9,16,23H,8H2,2-3H3,(H,24,25). The van der Waals surface area contributed by atoms with Gasteiger partial charge in [0.25, 0.3) is 0 Å². The third kappa shape index (κ3) is 4.14. The summed E-state index contributed by atoms with van der Waals surface area (Å²) in [5.41, 5.74) is -0.789. The second-order valence-electron chi connectivity index (χ2n) is 5.84. The van der Waals surface area contributed by atoms with Crippen molar-refractivity contribution in [2.24, 2.45) is 0 Å². The fourth-order valence-corrected chi connectivity index (χ4v) is 2.96. The number of ether oxygens (including phenoxy) is 1. The van der Waals surface area contributed by atoms with E-state index >= 15 is 0 Å². The Kier molecular flexibility index (Phi) is 5.64. The molecule has 8 heteroatoms. The fraction of sp³-hybridized carbons (Fsp3) is 0.263. The molecule has 1 unspecified atom stereocenters. The largest absolute Gasteiger partial charge is 0.478 e. The molecule has 0 fully saturated rings. The number of hydrogen-bond donors (Lipinski definition) is 2. The van der Waals surface area contributed by atoms with Gasteiger partial charge in [-0.15, -0.1) is 6.42 Å². The van der Waals surface area contributed by atoms with Gasteiger partial charge < -0.3 is 15.2 Å². The maximum absolute atomic E-state index is 13.1. The highest BCUT2D eigenvalue weighted by atomic mass is 19.4. The Balaban J connectivity index is 2.67. The summed E-state index contributed by atoms with van der Waals surface area (Å²) in [6.07, 6.45) is 0.448. The Hall–Kier alpha value is -3.21. The number of carboxylic acids is 1. The Morgan fingerprint density at radius 3 is 2.44 bits per heavy atom. The van der Waals surface area contributed by atoms with Crippen LogP contribution >= 0.6 is 0 Å². The van der Waals surface area contributed by atoms with Gasteiger partial charge in [-0.1, -0.05) is 24.1 Å². The number of hydrogen-bond acceptors (Lipinski definition) is 4. The molecule has 2 rings (SSSR count). The lowest BCUT2D eigenvalue weighted by atomic mass is 9.80. The second kappa shape index (κ2) is 7.58. The van der Waals surface area contributed by atoms with Gasteiger partial charge in [0, 0.05) is 11.4 Å². The molecule has 5 nitrogen and oxygen atoms in total. The molecule has 1 aliphatic heterocycles. The number of dihydropyridines is 1. The molecule has 1 aromatic carbocycles. The summed E-state index contributed by atoms with van der Waals surface area (Å²) in [5.74, 6) is -1.38. The molecule has 0 saturated carbocycles. The molecule has 1 aliphatic rings. The van der Waals surface area contributed by atoms with E-state index in [1.807, 2.05) is 0 Å². The maximum atomic E-state index is 13.1. The number of benzene rings is 1. The number of allylic oxidation sites excluding steroid dienone is 2. The van der Waals surface area contributed by atoms with Crippen molar-refractivity contribution in [2.75, 3.05) is 6.61 Å². The number of aliphatic carboxylic acids is 1. The summed E-state index contributed by atoms with van der Waals surface area (Å²) in [6, 6.07) is 4.19. The zero-order valence-electron chi connectivity index (χ0n) is 14.5. The van der Waals surface area contributed by atoms with Gasteiger partial charge >= 0.3 is 18.1 Å². The molecule has 27 heavy (non-hydrogen) atoms. The number of halogens is 3. The second-order valence-corrected chi connectivity index (χ2v) is 5.84. The molecule has 0 amide bonds. The SMILES string of the molecule is C#CCOC(=O)C1=C(C)NC(C)=C(C(=O)O)C1c1cccc(C(F)(F)F)c1. The number of rotatable bonds is 4. The lowest BCUT2D eigenvalue weighted by Crippen LogP contribution is -2.32. The van der Waals surface area contributed by atoms with E-state index in [4.69, 9.17) is 11.2 Å². The highest BCUT2D eigenvalue weighted by Gasteiger charge is 2.38. The van der Waals surface area contributed by atoms with Crippen molar-refractivity contribution < 1.29 is 32.6 Å². The van der Waals surface area contributed by atoms with Crippen LogP contribution in [0.3, 0.4) is 0 Å². The van der Waals surface area contributed by atoms with Crippen molar-refractivity contribution in [1.82, 2.24) is 5.32 Å². The summed E-state index contributed by atoms with van der Waals surface area (Å²) in [6.45, 7) is 2.63. The topological polar surface area (TPSA) is 75.6 Å². The van der Waals surface area contributed by atoms with E-state index in [9.17, 15) is 27.9 Å². The first-order valence-electron chi connectivity index (χ1n) is 7.77. The molecule has 0 aliphatic carbocycles. The van der Waals surface area contributed by atoms with E-state index in [1.165, 1.54) is 19.9 Å². The van der Waals surface area contributed by atoms with Gasteiger partial charge in [0.2, 0.25) is 0 Å². The number of carbonyl (C=O) groups excluding carboxylic acids is 1. The summed E-state index contributed by atoms with van der Waals surface area (Å²) in [7, 11) is 0. The number of nitrogens with one attached hydrogen (secondary N) is 1. The van der Waals surface area contributed by atoms with Crippen molar-refractivity contribution in [3.05, 3.63) is 57.9 Å². The van der Waals surface area contributed by atoms with Crippen molar-refractivity contribution in [1.29, 1.82) is 0 Å². The average molecular weight is 379 g/mol. The molecule has 1 aromatic rings. The first kappa shape index (κ1) is 20.1. The van der Waals surface area contributed by atoms with Crippen LogP contribution in [0.5, 0.6) is 0 Å². The molecule has 142 valence electrons. The predicted molar refractivity (Wildman–Crippen MR) is 90.1 cm³/mol. The molecule has 1 heterocycles. The Morgan fingerprint density at radius 1 is 1.26 bits per heavy atom. The van der Waals surface area contributed by atoms with Gasteiger partial charge in [0.05, 0.1) is 22.6 Å². The van der Waals surface area contributed by atoms with Crippen LogP contribution in [0.15, 0.2) is 46.8 Å². The van der Waals surface area contributed by atoms with Crippen LogP contribution in [0.1, 0.15) is 30.9 Å². The number of terminal acetylenes is 1. The third-order valence-electron chi connectivity index (χ3n) is 4.04. The van der Waals surface area contributed by atoms with Crippen molar-refractivity contribution in [3.63, 3.8) is 0 Å².